The average Bonchev–Trinajstić information content (AvgIpc) is 2.52. The molecule has 5 nitrogen and oxygen atoms in total. The maximum absolute atomic E-state index is 13.1. The van der Waals surface area contributed by atoms with E-state index in [0.717, 1.165) is 32.9 Å². The Morgan fingerprint density at radius 1 is 1.22 bits per heavy atom. The van der Waals surface area contributed by atoms with Gasteiger partial charge in [-0.15, -0.1) is 0 Å². The molecule has 0 saturated heterocycles. The molecule has 0 saturated carbocycles. The van der Waals surface area contributed by atoms with E-state index in [-0.39, 0.29) is 5.69 Å². The van der Waals surface area contributed by atoms with Crippen molar-refractivity contribution in [1.29, 1.82) is 5.26 Å². The number of hydrogen-bond donors (Lipinski definition) is 2. The van der Waals surface area contributed by atoms with E-state index in [2.05, 4.69) is 0 Å². The molecule has 0 spiro atoms. The number of benzene rings is 1. The van der Waals surface area contributed by atoms with Crippen LogP contribution < -0.4 is 5.32 Å². The van der Waals surface area contributed by atoms with Gasteiger partial charge < -0.3 is 9.84 Å². The minimum absolute atomic E-state index is 0.317. The Labute approximate surface area is 150 Å². The molecule has 0 bridgehead atoms. The van der Waals surface area contributed by atoms with Gasteiger partial charge in [-0.2, -0.15) is 31.6 Å². The number of amides is 1. The number of rotatable bonds is 4. The van der Waals surface area contributed by atoms with E-state index in [0.29, 0.717) is 0 Å². The SMILES string of the molecule is Cc1c(NC(=O)O[C@@H](C)[C@@H](C)[C@@H](O)C(F)(F)F)ccc(C#N)c1C(F)(F)F. The van der Waals surface area contributed by atoms with Crippen molar-refractivity contribution in [3.05, 3.63) is 28.8 Å². The Balaban J connectivity index is 2.97. The van der Waals surface area contributed by atoms with Gasteiger partial charge >= 0.3 is 18.4 Å². The molecule has 0 aromatic heterocycles. The van der Waals surface area contributed by atoms with E-state index in [1.54, 1.807) is 0 Å². The van der Waals surface area contributed by atoms with Gasteiger partial charge in [0.25, 0.3) is 0 Å². The number of carbonyl (C=O) groups excluding carboxylic acids is 1. The lowest BCUT2D eigenvalue weighted by atomic mass is 9.99. The largest absolute Gasteiger partial charge is 0.446 e. The number of ether oxygens (including phenoxy) is 1. The summed E-state index contributed by atoms with van der Waals surface area (Å²) in [6.07, 6.45) is -15.2. The van der Waals surface area contributed by atoms with Gasteiger partial charge in [0.05, 0.1) is 17.2 Å². The smallest absolute Gasteiger partial charge is 0.418 e. The van der Waals surface area contributed by atoms with Crippen LogP contribution in [0, 0.1) is 24.2 Å². The topological polar surface area (TPSA) is 82.3 Å². The first kappa shape index (κ1) is 22.6. The van der Waals surface area contributed by atoms with Crippen molar-refractivity contribution >= 4 is 11.8 Å². The van der Waals surface area contributed by atoms with Gasteiger partial charge in [-0.1, -0.05) is 6.92 Å². The average molecular weight is 398 g/mol. The molecule has 0 aliphatic carbocycles. The van der Waals surface area contributed by atoms with Gasteiger partial charge in [0.15, 0.2) is 6.10 Å². The van der Waals surface area contributed by atoms with Crippen LogP contribution in [0.2, 0.25) is 0 Å². The third kappa shape index (κ3) is 5.50. The molecule has 0 unspecified atom stereocenters. The Morgan fingerprint density at radius 2 is 1.78 bits per heavy atom. The van der Waals surface area contributed by atoms with E-state index in [1.165, 1.54) is 6.07 Å². The lowest BCUT2D eigenvalue weighted by Crippen LogP contribution is -2.41. The molecule has 11 heteroatoms. The number of carbonyl (C=O) groups is 1. The van der Waals surface area contributed by atoms with Crippen LogP contribution in [-0.2, 0) is 10.9 Å². The fraction of sp³-hybridized carbons (Fsp3) is 0.500. The molecule has 1 amide bonds. The van der Waals surface area contributed by atoms with Crippen LogP contribution in [0.15, 0.2) is 12.1 Å². The van der Waals surface area contributed by atoms with Gasteiger partial charge in [0, 0.05) is 11.6 Å². The summed E-state index contributed by atoms with van der Waals surface area (Å²) < 4.78 is 81.5. The number of nitrogens with one attached hydrogen (secondary N) is 1. The number of nitrogens with zero attached hydrogens (tertiary/aromatic N) is 1. The third-order valence-corrected chi connectivity index (χ3v) is 3.97. The molecule has 0 radical (unpaired) electrons. The monoisotopic (exact) mass is 398 g/mol. The number of nitriles is 1. The molecule has 150 valence electrons. The first-order valence-electron chi connectivity index (χ1n) is 7.53. The highest BCUT2D eigenvalue weighted by atomic mass is 19.4. The maximum atomic E-state index is 13.1. The van der Waals surface area contributed by atoms with Crippen molar-refractivity contribution in [2.45, 2.75) is 45.3 Å². The first-order valence-corrected chi connectivity index (χ1v) is 7.53. The Hall–Kier alpha value is -2.48. The Kier molecular flexibility index (Phi) is 6.72. The highest BCUT2D eigenvalue weighted by molar-refractivity contribution is 5.86. The zero-order chi connectivity index (χ0) is 21.2. The van der Waals surface area contributed by atoms with Gasteiger partial charge in [0.2, 0.25) is 0 Å². The minimum atomic E-state index is -4.92. The summed E-state index contributed by atoms with van der Waals surface area (Å²) in [5, 5.41) is 20.0. The summed E-state index contributed by atoms with van der Waals surface area (Å²) in [6, 6.07) is 3.30. The molecule has 1 rings (SSSR count). The summed E-state index contributed by atoms with van der Waals surface area (Å²) >= 11 is 0. The zero-order valence-electron chi connectivity index (χ0n) is 14.4. The van der Waals surface area contributed by atoms with Crippen LogP contribution in [0.5, 0.6) is 0 Å². The molecule has 1 aromatic rings. The summed E-state index contributed by atoms with van der Waals surface area (Å²) in [5.41, 5.74) is -2.65. The van der Waals surface area contributed by atoms with E-state index in [9.17, 15) is 31.1 Å². The van der Waals surface area contributed by atoms with E-state index >= 15 is 0 Å². The molecule has 0 heterocycles. The number of hydrogen-bond acceptors (Lipinski definition) is 4. The first-order chi connectivity index (χ1) is 12.2. The quantitative estimate of drug-likeness (QED) is 0.738. The third-order valence-electron chi connectivity index (χ3n) is 3.97. The Bertz CT molecular complexity index is 739. The van der Waals surface area contributed by atoms with Crippen LogP contribution in [0.25, 0.3) is 0 Å². The van der Waals surface area contributed by atoms with Crippen molar-refractivity contribution in [2.24, 2.45) is 5.92 Å². The summed E-state index contributed by atoms with van der Waals surface area (Å²) in [7, 11) is 0. The molecule has 0 aliphatic heterocycles. The van der Waals surface area contributed by atoms with Crippen molar-refractivity contribution in [1.82, 2.24) is 0 Å². The van der Waals surface area contributed by atoms with Crippen LogP contribution in [-0.4, -0.2) is 29.6 Å². The van der Waals surface area contributed by atoms with Crippen LogP contribution in [0.3, 0.4) is 0 Å². The minimum Gasteiger partial charge on any atom is -0.446 e. The Morgan fingerprint density at radius 3 is 2.22 bits per heavy atom. The van der Waals surface area contributed by atoms with Crippen molar-refractivity contribution in [3.8, 4) is 6.07 Å². The lowest BCUT2D eigenvalue weighted by molar-refractivity contribution is -0.225. The second-order valence-electron chi connectivity index (χ2n) is 5.85. The van der Waals surface area contributed by atoms with Gasteiger partial charge in [-0.25, -0.2) is 4.79 Å². The zero-order valence-corrected chi connectivity index (χ0v) is 14.4. The summed E-state index contributed by atoms with van der Waals surface area (Å²) in [4.78, 5) is 11.8. The molecular weight excluding hydrogens is 382 g/mol. The lowest BCUT2D eigenvalue weighted by Gasteiger charge is -2.26. The number of aliphatic hydroxyl groups excluding tert-OH is 1. The molecule has 0 aliphatic rings. The fourth-order valence-corrected chi connectivity index (χ4v) is 2.28. The summed E-state index contributed by atoms with van der Waals surface area (Å²) in [5.74, 6) is -1.51. The standard InChI is InChI=1S/C16H16F6N2O3/c1-7(13(25)16(20,21)22)9(3)27-14(26)24-11-5-4-10(6-23)12(8(11)2)15(17,18)19/h4-5,7,9,13,25H,1-3H3,(H,24,26)/t7-,9+,13-/m1/s1. The predicted octanol–water partition coefficient (Wildman–Crippen LogP) is 4.38. The molecule has 27 heavy (non-hydrogen) atoms. The molecular formula is C16H16F6N2O3. The van der Waals surface area contributed by atoms with E-state index in [1.807, 2.05) is 5.32 Å². The number of halogens is 6. The molecule has 2 N–H and O–H groups in total. The van der Waals surface area contributed by atoms with Gasteiger partial charge in [-0.3, -0.25) is 5.32 Å². The number of aliphatic hydroxyl groups is 1. The van der Waals surface area contributed by atoms with Gasteiger partial charge in [-0.05, 0) is 31.5 Å². The second-order valence-corrected chi connectivity index (χ2v) is 5.85. The van der Waals surface area contributed by atoms with E-state index in [4.69, 9.17) is 15.1 Å². The highest BCUT2D eigenvalue weighted by Crippen LogP contribution is 2.37. The number of anilines is 1. The fourth-order valence-electron chi connectivity index (χ4n) is 2.28. The highest BCUT2D eigenvalue weighted by Gasteiger charge is 2.44. The van der Waals surface area contributed by atoms with Crippen LogP contribution in [0.4, 0.5) is 36.8 Å². The van der Waals surface area contributed by atoms with E-state index < -0.39 is 53.3 Å². The van der Waals surface area contributed by atoms with Crippen LogP contribution in [0.1, 0.15) is 30.5 Å². The van der Waals surface area contributed by atoms with Crippen LogP contribution >= 0.6 is 0 Å². The van der Waals surface area contributed by atoms with Crippen molar-refractivity contribution in [3.63, 3.8) is 0 Å². The summed E-state index contributed by atoms with van der Waals surface area (Å²) in [6.45, 7) is 3.13. The van der Waals surface area contributed by atoms with Gasteiger partial charge in [0.1, 0.15) is 6.10 Å². The van der Waals surface area contributed by atoms with Crippen molar-refractivity contribution < 1.29 is 41.0 Å². The molecule has 3 atom stereocenters. The normalized spacial score (nSPS) is 15.4. The number of alkyl halides is 6. The maximum Gasteiger partial charge on any atom is 0.418 e. The molecule has 0 fully saturated rings. The predicted molar refractivity (Wildman–Crippen MR) is 81.7 cm³/mol. The second kappa shape index (κ2) is 8.04. The van der Waals surface area contributed by atoms with Crippen molar-refractivity contribution in [2.75, 3.05) is 5.32 Å². The molecule has 1 aromatic carbocycles.